The van der Waals surface area contributed by atoms with Crippen molar-refractivity contribution in [1.29, 1.82) is 0 Å². The van der Waals surface area contributed by atoms with E-state index in [0.29, 0.717) is 25.7 Å². The Kier molecular flexibility index (Phi) is 18.8. The molecule has 0 aromatic rings. The number of aliphatic hydroxyl groups excluding tert-OH is 2. The maximum Gasteiger partial charge on any atom is 0.325 e. The van der Waals surface area contributed by atoms with Crippen molar-refractivity contribution < 1.29 is 38.9 Å². The first-order chi connectivity index (χ1) is 8.12. The van der Waals surface area contributed by atoms with Gasteiger partial charge in [-0.3, -0.25) is 9.13 Å². The Bertz CT molecular complexity index is 248. The number of hydrogen-bond donors (Lipinski definition) is 6. The molecule has 0 aromatic heterocycles. The van der Waals surface area contributed by atoms with E-state index in [-0.39, 0.29) is 55.1 Å². The van der Waals surface area contributed by atoms with Crippen LogP contribution >= 0.6 is 15.2 Å². The van der Waals surface area contributed by atoms with Gasteiger partial charge in [-0.25, -0.2) is 0 Å². The van der Waals surface area contributed by atoms with Crippen LogP contribution in [0.15, 0.2) is 0 Å². The summed E-state index contributed by atoms with van der Waals surface area (Å²) >= 11 is 0. The maximum absolute atomic E-state index is 10.1. The van der Waals surface area contributed by atoms with E-state index in [1.54, 1.807) is 0 Å². The molecule has 0 saturated carbocycles. The van der Waals surface area contributed by atoms with Gasteiger partial charge in [-0.1, -0.05) is 0 Å². The fraction of sp³-hybridized carbons (Fsp3) is 1.00. The van der Waals surface area contributed by atoms with Crippen LogP contribution in [0.1, 0.15) is 25.7 Å². The maximum atomic E-state index is 10.1. The normalized spacial score (nSPS) is 11.3. The molecule has 0 bridgehead atoms. The van der Waals surface area contributed by atoms with Gasteiger partial charge in [-0.05, 0) is 25.7 Å². The summed E-state index contributed by atoms with van der Waals surface area (Å²) in [5.41, 5.74) is 0. The van der Waals surface area contributed by atoms with Crippen molar-refractivity contribution in [2.45, 2.75) is 25.7 Å². The van der Waals surface area contributed by atoms with Crippen molar-refractivity contribution in [3.8, 4) is 0 Å². The van der Waals surface area contributed by atoms with Crippen molar-refractivity contribution in [3.63, 3.8) is 0 Å². The van der Waals surface area contributed by atoms with E-state index in [4.69, 9.17) is 29.8 Å². The van der Waals surface area contributed by atoms with E-state index in [1.807, 2.05) is 0 Å². The third kappa shape index (κ3) is 32.6. The average Bonchev–Trinajstić information content (AvgIpc) is 2.16. The first-order valence-electron chi connectivity index (χ1n) is 5.43. The summed E-state index contributed by atoms with van der Waals surface area (Å²) in [6, 6.07) is 0. The van der Waals surface area contributed by atoms with E-state index in [0.717, 1.165) is 0 Å². The second-order valence-electron chi connectivity index (χ2n) is 3.64. The van der Waals surface area contributed by atoms with Crippen molar-refractivity contribution in [2.24, 2.45) is 0 Å². The van der Waals surface area contributed by atoms with E-state index in [2.05, 4.69) is 0 Å². The molecule has 0 rings (SSSR count). The third-order valence-electron chi connectivity index (χ3n) is 1.72. The van der Waals surface area contributed by atoms with Gasteiger partial charge in [-0.2, -0.15) is 0 Å². The van der Waals surface area contributed by atoms with Gasteiger partial charge in [0.25, 0.3) is 0 Å². The first kappa shape index (κ1) is 25.2. The van der Waals surface area contributed by atoms with Crippen LogP contribution in [0.3, 0.4) is 0 Å². The van der Waals surface area contributed by atoms with Gasteiger partial charge < -0.3 is 29.8 Å². The minimum atomic E-state index is -3.81. The van der Waals surface area contributed by atoms with Crippen molar-refractivity contribution >= 4 is 44.7 Å². The van der Waals surface area contributed by atoms with Crippen LogP contribution in [0.2, 0.25) is 0 Å². The van der Waals surface area contributed by atoms with Crippen LogP contribution in [-0.4, -0.2) is 84.9 Å². The van der Waals surface area contributed by atoms with Crippen LogP contribution in [0, 0.1) is 0 Å². The largest absolute Gasteiger partial charge is 0.396 e. The predicted molar refractivity (Wildman–Crippen MR) is 72.2 cm³/mol. The molecular weight excluding hydrogens is 309 g/mol. The molecule has 8 nitrogen and oxygen atoms in total. The summed E-state index contributed by atoms with van der Waals surface area (Å²) in [7, 11) is -7.61. The summed E-state index contributed by atoms with van der Waals surface area (Å²) < 4.78 is 20.2. The molecule has 0 fully saturated rings. The van der Waals surface area contributed by atoms with Gasteiger partial charge in [0.15, 0.2) is 0 Å². The minimum Gasteiger partial charge on any atom is -0.396 e. The number of hydrogen-bond acceptors (Lipinski definition) is 4. The molecule has 0 amide bonds. The molecule has 11 heteroatoms. The van der Waals surface area contributed by atoms with Crippen LogP contribution in [0.25, 0.3) is 0 Å². The van der Waals surface area contributed by atoms with Crippen LogP contribution in [0.4, 0.5) is 0 Å². The number of rotatable bonds is 8. The standard InChI is InChI=1S/2C4H11O4P.Na/c2*5-3-1-2-4-9(6,7)8;/h2*5H,1-4H2,(H2,6,7,8);. The average molecular weight is 331 g/mol. The molecule has 0 aliphatic carbocycles. The molecule has 0 spiro atoms. The van der Waals surface area contributed by atoms with Gasteiger partial charge in [0.1, 0.15) is 0 Å². The molecule has 0 aromatic carbocycles. The Morgan fingerprint density at radius 3 is 1.05 bits per heavy atom. The molecule has 19 heavy (non-hydrogen) atoms. The molecule has 6 N–H and O–H groups in total. The summed E-state index contributed by atoms with van der Waals surface area (Å²) in [6.07, 6.45) is 1.47. The Hall–Kier alpha value is 1.22. The van der Waals surface area contributed by atoms with Crippen LogP contribution < -0.4 is 0 Å². The predicted octanol–water partition coefficient (Wildman–Crippen LogP) is -0.508. The van der Waals surface area contributed by atoms with Gasteiger partial charge in [-0.15, -0.1) is 0 Å². The molecule has 0 heterocycles. The first-order valence-corrected chi connectivity index (χ1v) is 9.03. The molecule has 0 aliphatic heterocycles. The molecule has 0 aliphatic rings. The quantitative estimate of drug-likeness (QED) is 0.197. The van der Waals surface area contributed by atoms with E-state index < -0.39 is 15.2 Å². The second kappa shape index (κ2) is 14.2. The monoisotopic (exact) mass is 331 g/mol. The van der Waals surface area contributed by atoms with Gasteiger partial charge in [0.05, 0.1) is 0 Å². The Morgan fingerprint density at radius 2 is 0.895 bits per heavy atom. The minimum absolute atomic E-state index is 0. The summed E-state index contributed by atoms with van der Waals surface area (Å²) in [5, 5.41) is 16.4. The van der Waals surface area contributed by atoms with E-state index in [9.17, 15) is 9.13 Å². The Balaban J connectivity index is -0.000000256. The van der Waals surface area contributed by atoms with Crippen LogP contribution in [-0.2, 0) is 9.13 Å². The van der Waals surface area contributed by atoms with Crippen molar-refractivity contribution in [2.75, 3.05) is 25.5 Å². The smallest absolute Gasteiger partial charge is 0.325 e. The zero-order valence-corrected chi connectivity index (χ0v) is 14.8. The van der Waals surface area contributed by atoms with Gasteiger partial charge in [0.2, 0.25) is 0 Å². The van der Waals surface area contributed by atoms with Crippen molar-refractivity contribution in [3.05, 3.63) is 0 Å². The molecular formula is C8H22NaO8P2. The second-order valence-corrected chi connectivity index (χ2v) is 7.19. The fourth-order valence-corrected chi connectivity index (χ4v) is 2.13. The topological polar surface area (TPSA) is 156 Å². The summed E-state index contributed by atoms with van der Waals surface area (Å²) in [5.74, 6) is 0. The van der Waals surface area contributed by atoms with E-state index >= 15 is 0 Å². The number of aliphatic hydroxyl groups is 2. The van der Waals surface area contributed by atoms with Crippen molar-refractivity contribution in [1.82, 2.24) is 0 Å². The van der Waals surface area contributed by atoms with Gasteiger partial charge in [0, 0.05) is 55.1 Å². The number of unbranched alkanes of at least 4 members (excludes halogenated alkanes) is 2. The summed E-state index contributed by atoms with van der Waals surface area (Å²) in [6.45, 7) is 0. The SMILES string of the molecule is O=P(O)(O)CCCCO.O=P(O)(O)CCCCO.[Na]. The zero-order chi connectivity index (χ0) is 14.7. The molecule has 0 atom stereocenters. The Morgan fingerprint density at radius 1 is 0.632 bits per heavy atom. The molecule has 0 unspecified atom stereocenters. The Labute approximate surface area is 134 Å². The van der Waals surface area contributed by atoms with Gasteiger partial charge >= 0.3 is 15.2 Å². The molecule has 1 radical (unpaired) electrons. The van der Waals surface area contributed by atoms with Crippen LogP contribution in [0.5, 0.6) is 0 Å². The summed E-state index contributed by atoms with van der Waals surface area (Å²) in [4.78, 5) is 33.1. The molecule has 0 saturated heterocycles. The third-order valence-corrected chi connectivity index (χ3v) is 3.51. The molecule has 113 valence electrons. The van der Waals surface area contributed by atoms with E-state index in [1.165, 1.54) is 0 Å². The zero-order valence-electron chi connectivity index (χ0n) is 11.1. The fourth-order valence-electron chi connectivity index (χ4n) is 0.859.